The summed E-state index contributed by atoms with van der Waals surface area (Å²) in [7, 11) is 0. The number of carbonyl (C=O) groups excluding carboxylic acids is 1. The normalized spacial score (nSPS) is 20.6. The van der Waals surface area contributed by atoms with Gasteiger partial charge >= 0.3 is 11.7 Å². The quantitative estimate of drug-likeness (QED) is 0.827. The summed E-state index contributed by atoms with van der Waals surface area (Å²) in [6.45, 7) is 4.32. The summed E-state index contributed by atoms with van der Waals surface area (Å²) >= 11 is 0. The van der Waals surface area contributed by atoms with Crippen LogP contribution in [0.3, 0.4) is 0 Å². The van der Waals surface area contributed by atoms with Gasteiger partial charge in [0.25, 0.3) is 0 Å². The minimum Gasteiger partial charge on any atom is -0.481 e. The smallest absolute Gasteiger partial charge is 0.329 e. The van der Waals surface area contributed by atoms with Crippen LogP contribution in [0, 0.1) is 11.3 Å². The Labute approximate surface area is 163 Å². The molecule has 2 heterocycles. The molecule has 1 saturated carbocycles. The first-order chi connectivity index (χ1) is 13.5. The summed E-state index contributed by atoms with van der Waals surface area (Å²) in [5, 5.41) is 9.19. The SMILES string of the molecule is CCCn1c(=O)n(CCC(=O)N2CCC3(CC2)CC3C(=O)O)c2ccccc21. The highest BCUT2D eigenvalue weighted by Crippen LogP contribution is 2.59. The van der Waals surface area contributed by atoms with Crippen molar-refractivity contribution in [2.75, 3.05) is 13.1 Å². The minimum absolute atomic E-state index is 0.0431. The lowest BCUT2D eigenvalue weighted by Gasteiger charge is -2.32. The molecule has 1 aliphatic heterocycles. The van der Waals surface area contributed by atoms with Gasteiger partial charge in [-0.25, -0.2) is 4.79 Å². The number of rotatable bonds is 6. The zero-order valence-corrected chi connectivity index (χ0v) is 16.3. The molecule has 1 amide bonds. The number of carboxylic acids is 1. The van der Waals surface area contributed by atoms with Crippen molar-refractivity contribution in [3.05, 3.63) is 34.7 Å². The molecule has 4 rings (SSSR count). The van der Waals surface area contributed by atoms with E-state index in [1.165, 1.54) is 0 Å². The largest absolute Gasteiger partial charge is 0.481 e. The van der Waals surface area contributed by atoms with E-state index in [4.69, 9.17) is 0 Å². The monoisotopic (exact) mass is 385 g/mol. The van der Waals surface area contributed by atoms with E-state index in [0.29, 0.717) is 26.2 Å². The van der Waals surface area contributed by atoms with Crippen molar-refractivity contribution >= 4 is 22.9 Å². The highest BCUT2D eigenvalue weighted by molar-refractivity contribution is 5.78. The topological polar surface area (TPSA) is 84.5 Å². The third-order valence-electron chi connectivity index (χ3n) is 6.52. The van der Waals surface area contributed by atoms with Crippen molar-refractivity contribution in [1.29, 1.82) is 0 Å². The number of carboxylic acid groups (broad SMARTS) is 1. The van der Waals surface area contributed by atoms with Gasteiger partial charge in [-0.3, -0.25) is 18.7 Å². The van der Waals surface area contributed by atoms with Gasteiger partial charge < -0.3 is 10.0 Å². The number of aliphatic carboxylic acids is 1. The van der Waals surface area contributed by atoms with E-state index in [-0.39, 0.29) is 29.4 Å². The van der Waals surface area contributed by atoms with Crippen LogP contribution in [0.4, 0.5) is 0 Å². The predicted octanol–water partition coefficient (Wildman–Crippen LogP) is 2.32. The van der Waals surface area contributed by atoms with Crippen LogP contribution in [-0.4, -0.2) is 44.1 Å². The molecule has 1 unspecified atom stereocenters. The fourth-order valence-electron chi connectivity index (χ4n) is 4.74. The zero-order chi connectivity index (χ0) is 19.9. The number of aryl methyl sites for hydroxylation is 2. The van der Waals surface area contributed by atoms with E-state index in [1.807, 2.05) is 36.1 Å². The molecular weight excluding hydrogens is 358 g/mol. The summed E-state index contributed by atoms with van der Waals surface area (Å²) in [5.74, 6) is -0.891. The van der Waals surface area contributed by atoms with Crippen LogP contribution in [0.15, 0.2) is 29.1 Å². The molecule has 1 aromatic carbocycles. The van der Waals surface area contributed by atoms with Crippen molar-refractivity contribution in [3.63, 3.8) is 0 Å². The molecule has 0 radical (unpaired) electrons. The number of amides is 1. The van der Waals surface area contributed by atoms with Crippen LogP contribution < -0.4 is 5.69 Å². The fraction of sp³-hybridized carbons (Fsp3) is 0.571. The molecule has 2 fully saturated rings. The van der Waals surface area contributed by atoms with Crippen molar-refractivity contribution in [3.8, 4) is 0 Å². The maximum atomic E-state index is 12.8. The molecule has 1 saturated heterocycles. The number of carbonyl (C=O) groups is 2. The Morgan fingerprint density at radius 2 is 1.71 bits per heavy atom. The molecule has 2 aliphatic rings. The van der Waals surface area contributed by atoms with Crippen LogP contribution in [0.5, 0.6) is 0 Å². The first-order valence-corrected chi connectivity index (χ1v) is 10.2. The fourth-order valence-corrected chi connectivity index (χ4v) is 4.74. The lowest BCUT2D eigenvalue weighted by atomic mass is 9.90. The number of hydrogen-bond donors (Lipinski definition) is 1. The number of nitrogens with zero attached hydrogens (tertiary/aromatic N) is 3. The van der Waals surface area contributed by atoms with Crippen molar-refractivity contribution in [1.82, 2.24) is 14.0 Å². The summed E-state index contributed by atoms with van der Waals surface area (Å²) in [6.07, 6.45) is 3.45. The minimum atomic E-state index is -0.706. The second-order valence-corrected chi connectivity index (χ2v) is 8.16. The summed E-state index contributed by atoms with van der Waals surface area (Å²) in [4.78, 5) is 38.5. The molecule has 28 heavy (non-hydrogen) atoms. The molecule has 150 valence electrons. The standard InChI is InChI=1S/C21H27N3O4/c1-2-10-23-16-5-3-4-6-17(16)24(20(23)28)11-7-18(25)22-12-8-21(9-13-22)14-15(21)19(26)27/h3-6,15H,2,7-14H2,1H3,(H,26,27). The van der Waals surface area contributed by atoms with Gasteiger partial charge in [0.05, 0.1) is 17.0 Å². The molecule has 1 spiro atoms. The number of aromatic nitrogens is 2. The van der Waals surface area contributed by atoms with Crippen molar-refractivity contribution in [2.45, 2.75) is 52.1 Å². The Balaban J connectivity index is 1.42. The van der Waals surface area contributed by atoms with E-state index in [1.54, 1.807) is 9.13 Å². The number of imidazole rings is 1. The van der Waals surface area contributed by atoms with Crippen LogP contribution in [-0.2, 0) is 22.7 Å². The average molecular weight is 385 g/mol. The first-order valence-electron chi connectivity index (χ1n) is 10.2. The third-order valence-corrected chi connectivity index (χ3v) is 6.52. The maximum absolute atomic E-state index is 12.8. The van der Waals surface area contributed by atoms with E-state index in [2.05, 4.69) is 0 Å². The molecule has 1 aromatic heterocycles. The van der Waals surface area contributed by atoms with Crippen LogP contribution in [0.2, 0.25) is 0 Å². The van der Waals surface area contributed by atoms with E-state index in [9.17, 15) is 19.5 Å². The van der Waals surface area contributed by atoms with Crippen molar-refractivity contribution in [2.24, 2.45) is 11.3 Å². The van der Waals surface area contributed by atoms with Crippen molar-refractivity contribution < 1.29 is 14.7 Å². The van der Waals surface area contributed by atoms with Gasteiger partial charge in [-0.1, -0.05) is 19.1 Å². The number of hydrogen-bond acceptors (Lipinski definition) is 3. The molecular formula is C21H27N3O4. The van der Waals surface area contributed by atoms with Gasteiger partial charge in [-0.15, -0.1) is 0 Å². The highest BCUT2D eigenvalue weighted by atomic mass is 16.4. The summed E-state index contributed by atoms with van der Waals surface area (Å²) in [5.41, 5.74) is 1.65. The van der Waals surface area contributed by atoms with E-state index < -0.39 is 5.97 Å². The molecule has 2 aromatic rings. The van der Waals surface area contributed by atoms with Gasteiger partial charge in [0, 0.05) is 32.6 Å². The molecule has 0 bridgehead atoms. The summed E-state index contributed by atoms with van der Waals surface area (Å²) < 4.78 is 3.49. The molecule has 7 heteroatoms. The average Bonchev–Trinajstić information content (AvgIpc) is 3.33. The molecule has 7 nitrogen and oxygen atoms in total. The second kappa shape index (κ2) is 7.11. The van der Waals surface area contributed by atoms with Crippen LogP contribution in [0.1, 0.15) is 39.0 Å². The van der Waals surface area contributed by atoms with Gasteiger partial charge in [0.2, 0.25) is 5.91 Å². The zero-order valence-electron chi connectivity index (χ0n) is 16.3. The Hall–Kier alpha value is -2.57. The first kappa shape index (κ1) is 18.8. The second-order valence-electron chi connectivity index (χ2n) is 8.16. The van der Waals surface area contributed by atoms with Gasteiger partial charge in [-0.05, 0) is 43.2 Å². The number of benzene rings is 1. The highest BCUT2D eigenvalue weighted by Gasteiger charge is 2.59. The summed E-state index contributed by atoms with van der Waals surface area (Å²) in [6, 6.07) is 7.71. The lowest BCUT2D eigenvalue weighted by molar-refractivity contribution is -0.139. The van der Waals surface area contributed by atoms with E-state index in [0.717, 1.165) is 36.7 Å². The van der Waals surface area contributed by atoms with Crippen LogP contribution >= 0.6 is 0 Å². The van der Waals surface area contributed by atoms with Gasteiger partial charge in [0.1, 0.15) is 0 Å². The molecule has 1 aliphatic carbocycles. The van der Waals surface area contributed by atoms with E-state index >= 15 is 0 Å². The number of fused-ring (bicyclic) bond motifs is 1. The Kier molecular flexibility index (Phi) is 4.77. The lowest BCUT2D eigenvalue weighted by Crippen LogP contribution is -2.40. The van der Waals surface area contributed by atoms with Crippen LogP contribution in [0.25, 0.3) is 11.0 Å². The Morgan fingerprint density at radius 1 is 1.11 bits per heavy atom. The predicted molar refractivity (Wildman–Crippen MR) is 105 cm³/mol. The Morgan fingerprint density at radius 3 is 2.25 bits per heavy atom. The molecule has 1 N–H and O–H groups in total. The van der Waals surface area contributed by atoms with Gasteiger partial charge in [0.15, 0.2) is 0 Å². The maximum Gasteiger partial charge on any atom is 0.329 e. The number of piperidine rings is 1. The third kappa shape index (κ3) is 3.12. The van der Waals surface area contributed by atoms with Gasteiger partial charge in [-0.2, -0.15) is 0 Å². The molecule has 1 atom stereocenters. The number of likely N-dealkylation sites (tertiary alicyclic amines) is 1. The Bertz CT molecular complexity index is 966. The number of para-hydroxylation sites is 2.